The number of carbonyl (C=O) groups is 1. The first-order chi connectivity index (χ1) is 22.7. The SMILES string of the molecule is COC(=O)c1cccc2c1nnn2[C@@H]1O[C@H](CO)[C@@H](F)[C@H]1OP(=S)(OCCC#N)OC[C@H]1C[C@@H](n2cnc3c(Cl)ncnc32)[C@@H]1CO. The fraction of sp³-hybridized carbons (Fsp3) is 0.519. The molecule has 250 valence electrons. The molecule has 0 radical (unpaired) electrons. The predicted octanol–water partition coefficient (Wildman–Crippen LogP) is 2.67. The number of imidazole rings is 1. The molecule has 1 aliphatic carbocycles. The van der Waals surface area contributed by atoms with Gasteiger partial charge in [-0.05, 0) is 36.3 Å². The Morgan fingerprint density at radius 3 is 2.83 bits per heavy atom. The van der Waals surface area contributed by atoms with Crippen molar-refractivity contribution in [2.45, 2.75) is 43.5 Å². The standard InChI is InChI=1S/C27H29ClFN8O8PS/c1-41-27(40)15-4-2-5-17-21(15)34-35-37(17)26-23(20(29)19(10-39)44-26)45-46(47,42-7-3-6-30)43-11-14-8-18(16(14)9-38)36-13-33-22-24(28)31-12-32-25(22)36/h2,4-5,12-14,16,18-20,23,26,38-39H,3,7-11H2,1H3/t14-,16-,18-,19-,20-,23-,26-,46?/m1/s1. The van der Waals surface area contributed by atoms with E-state index in [2.05, 4.69) is 25.3 Å². The number of halogens is 2. The average Bonchev–Trinajstić information content (AvgIpc) is 3.77. The Hall–Kier alpha value is -3.24. The van der Waals surface area contributed by atoms with Crippen LogP contribution >= 0.6 is 18.3 Å². The zero-order valence-corrected chi connectivity index (χ0v) is 27.2. The lowest BCUT2D eigenvalue weighted by atomic mass is 9.70. The molecule has 1 aromatic carbocycles. The third-order valence-corrected chi connectivity index (χ3v) is 10.9. The molecule has 0 bridgehead atoms. The molecule has 8 atom stereocenters. The van der Waals surface area contributed by atoms with E-state index in [9.17, 15) is 15.0 Å². The fourth-order valence-electron chi connectivity index (χ4n) is 5.84. The Morgan fingerprint density at radius 2 is 2.09 bits per heavy atom. The number of aliphatic hydroxyl groups excluding tert-OH is 2. The van der Waals surface area contributed by atoms with Gasteiger partial charge in [0, 0.05) is 18.6 Å². The number of esters is 1. The van der Waals surface area contributed by atoms with Crippen molar-refractivity contribution in [3.8, 4) is 6.07 Å². The number of carbonyl (C=O) groups excluding carboxylic acids is 1. The van der Waals surface area contributed by atoms with Crippen LogP contribution in [-0.2, 0) is 34.9 Å². The highest BCUT2D eigenvalue weighted by atomic mass is 35.5. The highest BCUT2D eigenvalue weighted by Gasteiger charge is 2.51. The van der Waals surface area contributed by atoms with E-state index in [4.69, 9.17) is 51.7 Å². The monoisotopic (exact) mass is 710 g/mol. The minimum atomic E-state index is -3.79. The van der Waals surface area contributed by atoms with Crippen molar-refractivity contribution in [3.63, 3.8) is 0 Å². The van der Waals surface area contributed by atoms with E-state index in [0.29, 0.717) is 23.1 Å². The number of fused-ring (bicyclic) bond motifs is 2. The van der Waals surface area contributed by atoms with Gasteiger partial charge in [0.2, 0.25) is 0 Å². The van der Waals surface area contributed by atoms with Crippen molar-refractivity contribution in [2.24, 2.45) is 11.8 Å². The maximum atomic E-state index is 15.8. The van der Waals surface area contributed by atoms with Gasteiger partial charge in [0.25, 0.3) is 0 Å². The van der Waals surface area contributed by atoms with Crippen molar-refractivity contribution in [3.05, 3.63) is 41.6 Å². The summed E-state index contributed by atoms with van der Waals surface area (Å²) in [4.78, 5) is 24.8. The van der Waals surface area contributed by atoms with Gasteiger partial charge in [0.05, 0.1) is 56.8 Å². The van der Waals surface area contributed by atoms with Gasteiger partial charge in [-0.15, -0.1) is 5.10 Å². The summed E-state index contributed by atoms with van der Waals surface area (Å²) in [5.74, 6) is -1.14. The van der Waals surface area contributed by atoms with Crippen LogP contribution in [0.3, 0.4) is 0 Å². The maximum Gasteiger partial charge on any atom is 0.340 e. The lowest BCUT2D eigenvalue weighted by molar-refractivity contribution is -0.0569. The van der Waals surface area contributed by atoms with Crippen molar-refractivity contribution in [1.29, 1.82) is 5.26 Å². The number of hydrogen-bond acceptors (Lipinski definition) is 15. The lowest BCUT2D eigenvalue weighted by Crippen LogP contribution is -2.43. The first-order valence-electron chi connectivity index (χ1n) is 14.4. The van der Waals surface area contributed by atoms with Gasteiger partial charge in [-0.3, -0.25) is 4.52 Å². The molecule has 6 rings (SSSR count). The van der Waals surface area contributed by atoms with Crippen LogP contribution in [0, 0.1) is 23.2 Å². The topological polar surface area (TPSA) is 202 Å². The number of ether oxygens (including phenoxy) is 2. The second kappa shape index (κ2) is 14.1. The van der Waals surface area contributed by atoms with E-state index in [1.807, 2.05) is 10.6 Å². The van der Waals surface area contributed by atoms with Crippen molar-refractivity contribution in [1.82, 2.24) is 34.5 Å². The Bertz CT molecular complexity index is 1860. The van der Waals surface area contributed by atoms with Crippen LogP contribution in [0.2, 0.25) is 5.15 Å². The van der Waals surface area contributed by atoms with Crippen molar-refractivity contribution < 1.29 is 42.4 Å². The molecular weight excluding hydrogens is 682 g/mol. The Labute approximate surface area is 276 Å². The number of aromatic nitrogens is 7. The summed E-state index contributed by atoms with van der Waals surface area (Å²) in [5, 5.41) is 37.6. The quantitative estimate of drug-likeness (QED) is 0.0887. The number of nitrogens with zero attached hydrogens (tertiary/aromatic N) is 8. The van der Waals surface area contributed by atoms with E-state index in [1.54, 1.807) is 18.5 Å². The first-order valence-corrected chi connectivity index (χ1v) is 17.4. The van der Waals surface area contributed by atoms with E-state index in [1.165, 1.54) is 24.2 Å². The van der Waals surface area contributed by atoms with E-state index in [-0.39, 0.29) is 60.4 Å². The first kappa shape index (κ1) is 33.7. The minimum absolute atomic E-state index is 0.0126. The molecule has 1 saturated carbocycles. The third kappa shape index (κ3) is 6.35. The van der Waals surface area contributed by atoms with Gasteiger partial charge in [-0.1, -0.05) is 22.9 Å². The molecule has 1 unspecified atom stereocenters. The maximum absolute atomic E-state index is 15.8. The van der Waals surface area contributed by atoms with Crippen molar-refractivity contribution in [2.75, 3.05) is 33.5 Å². The second-order valence-corrected chi connectivity index (χ2v) is 14.2. The van der Waals surface area contributed by atoms with Crippen LogP contribution < -0.4 is 0 Å². The molecule has 4 aromatic rings. The summed E-state index contributed by atoms with van der Waals surface area (Å²) in [6.07, 6.45) is -2.57. The fourth-order valence-corrected chi connectivity index (χ4v) is 8.12. The van der Waals surface area contributed by atoms with Crippen LogP contribution in [-0.4, -0.2) is 103 Å². The molecule has 1 saturated heterocycles. The number of hydrogen-bond donors (Lipinski definition) is 2. The number of nitriles is 1. The molecule has 20 heteroatoms. The molecule has 47 heavy (non-hydrogen) atoms. The van der Waals surface area contributed by atoms with E-state index < -0.39 is 43.9 Å². The Balaban J connectivity index is 1.23. The highest BCUT2D eigenvalue weighted by molar-refractivity contribution is 8.07. The molecule has 2 fully saturated rings. The molecule has 4 heterocycles. The van der Waals surface area contributed by atoms with Gasteiger partial charge in [0.15, 0.2) is 23.2 Å². The van der Waals surface area contributed by atoms with Crippen LogP contribution in [0.1, 0.15) is 35.5 Å². The van der Waals surface area contributed by atoms with Gasteiger partial charge in [-0.2, -0.15) is 5.26 Å². The smallest absolute Gasteiger partial charge is 0.340 e. The van der Waals surface area contributed by atoms with Crippen LogP contribution in [0.15, 0.2) is 30.9 Å². The number of rotatable bonds is 13. The number of aliphatic hydroxyl groups is 2. The second-order valence-electron chi connectivity index (χ2n) is 10.8. The van der Waals surface area contributed by atoms with Gasteiger partial charge >= 0.3 is 12.7 Å². The summed E-state index contributed by atoms with van der Waals surface area (Å²) < 4.78 is 47.5. The largest absolute Gasteiger partial charge is 0.465 e. The summed E-state index contributed by atoms with van der Waals surface area (Å²) in [6.45, 7) is -4.83. The average molecular weight is 711 g/mol. The third-order valence-electron chi connectivity index (χ3n) is 8.28. The lowest BCUT2D eigenvalue weighted by Gasteiger charge is -2.44. The summed E-state index contributed by atoms with van der Waals surface area (Å²) in [6, 6.07) is 6.46. The Morgan fingerprint density at radius 1 is 1.26 bits per heavy atom. The normalized spacial score (nSPS) is 27.0. The number of benzene rings is 1. The molecule has 2 N–H and O–H groups in total. The Kier molecular flexibility index (Phi) is 10.1. The summed E-state index contributed by atoms with van der Waals surface area (Å²) >= 11 is 11.9. The molecule has 2 aliphatic rings. The summed E-state index contributed by atoms with van der Waals surface area (Å²) in [7, 11) is 1.23. The van der Waals surface area contributed by atoms with E-state index in [0.717, 1.165) is 0 Å². The van der Waals surface area contributed by atoms with Crippen molar-refractivity contribution >= 4 is 58.3 Å². The molecule has 0 amide bonds. The predicted molar refractivity (Wildman–Crippen MR) is 164 cm³/mol. The molecular formula is C27H29ClFN8O8PS. The number of alkyl halides is 1. The van der Waals surface area contributed by atoms with Crippen LogP contribution in [0.25, 0.3) is 22.2 Å². The molecule has 1 aliphatic heterocycles. The summed E-state index contributed by atoms with van der Waals surface area (Å²) in [5.41, 5.74) is 1.59. The number of methoxy groups -OCH3 is 1. The van der Waals surface area contributed by atoms with Gasteiger partial charge in [0.1, 0.15) is 29.6 Å². The van der Waals surface area contributed by atoms with Gasteiger partial charge < -0.3 is 33.3 Å². The zero-order valence-electron chi connectivity index (χ0n) is 24.7. The highest BCUT2D eigenvalue weighted by Crippen LogP contribution is 2.56. The van der Waals surface area contributed by atoms with Gasteiger partial charge in [-0.25, -0.2) is 28.8 Å². The van der Waals surface area contributed by atoms with Crippen LogP contribution in [0.5, 0.6) is 0 Å². The van der Waals surface area contributed by atoms with Crippen LogP contribution in [0.4, 0.5) is 4.39 Å². The minimum Gasteiger partial charge on any atom is -0.465 e. The molecule has 3 aromatic heterocycles. The molecule has 0 spiro atoms. The van der Waals surface area contributed by atoms with E-state index >= 15 is 4.39 Å². The molecule has 16 nitrogen and oxygen atoms in total. The zero-order chi connectivity index (χ0) is 33.3.